The predicted molar refractivity (Wildman–Crippen MR) is 80.1 cm³/mol. The Kier molecular flexibility index (Phi) is 8.94. The maximum absolute atomic E-state index is 12.0. The molecule has 0 saturated carbocycles. The second-order valence-corrected chi connectivity index (χ2v) is 4.27. The molecule has 0 fully saturated rings. The van der Waals surface area contributed by atoms with Gasteiger partial charge in [-0.05, 0) is 26.0 Å². The molecule has 7 heteroatoms. The predicted octanol–water partition coefficient (Wildman–Crippen LogP) is 0.843. The number of hydrogen-bond acceptors (Lipinski definition) is 6. The normalized spacial score (nSPS) is 10.5. The molecular formula is C15H23NO6. The second-order valence-electron chi connectivity index (χ2n) is 4.27. The van der Waals surface area contributed by atoms with E-state index in [-0.39, 0.29) is 24.5 Å². The third-order valence-electron chi connectivity index (χ3n) is 2.65. The Balaban J connectivity index is 2.30. The molecule has 0 atom stereocenters. The van der Waals surface area contributed by atoms with Crippen LogP contribution in [0.4, 0.5) is 0 Å². The van der Waals surface area contributed by atoms with Gasteiger partial charge in [0.05, 0.1) is 26.4 Å². The summed E-state index contributed by atoms with van der Waals surface area (Å²) in [5.74, 6) is -0.277. The van der Waals surface area contributed by atoms with E-state index in [0.717, 1.165) is 0 Å². The van der Waals surface area contributed by atoms with Crippen LogP contribution in [-0.4, -0.2) is 50.2 Å². The summed E-state index contributed by atoms with van der Waals surface area (Å²) in [6.45, 7) is 6.00. The third-order valence-corrected chi connectivity index (χ3v) is 2.65. The minimum Gasteiger partial charge on any atom is -0.488 e. The highest BCUT2D eigenvalue weighted by Crippen LogP contribution is 2.01. The van der Waals surface area contributed by atoms with E-state index in [2.05, 4.69) is 0 Å². The van der Waals surface area contributed by atoms with Crippen LogP contribution >= 0.6 is 0 Å². The first-order valence-electron chi connectivity index (χ1n) is 7.32. The van der Waals surface area contributed by atoms with Gasteiger partial charge in [0.15, 0.2) is 5.75 Å². The monoisotopic (exact) mass is 313 g/mol. The van der Waals surface area contributed by atoms with E-state index in [0.29, 0.717) is 33.0 Å². The number of aromatic nitrogens is 1. The zero-order chi connectivity index (χ0) is 16.2. The lowest BCUT2D eigenvalue weighted by Gasteiger charge is -2.09. The molecule has 0 amide bonds. The van der Waals surface area contributed by atoms with Crippen molar-refractivity contribution in [2.45, 2.75) is 20.4 Å². The average Bonchev–Trinajstić information content (AvgIpc) is 2.50. The summed E-state index contributed by atoms with van der Waals surface area (Å²) < 4.78 is 21.8. The molecule has 0 aromatic carbocycles. The number of esters is 1. The SMILES string of the molecule is CCOCCOCCOC(=O)Cn1cccc(OCC)c1=O. The fraction of sp³-hybridized carbons (Fsp3) is 0.600. The van der Waals surface area contributed by atoms with Crippen LogP contribution in [0, 0.1) is 0 Å². The number of carbonyl (C=O) groups is 1. The van der Waals surface area contributed by atoms with Crippen LogP contribution in [0.25, 0.3) is 0 Å². The minimum atomic E-state index is -0.496. The van der Waals surface area contributed by atoms with E-state index in [9.17, 15) is 9.59 Å². The maximum Gasteiger partial charge on any atom is 0.326 e. The van der Waals surface area contributed by atoms with Crippen LogP contribution in [0.3, 0.4) is 0 Å². The van der Waals surface area contributed by atoms with Gasteiger partial charge in [0.2, 0.25) is 0 Å². The molecule has 0 unspecified atom stereocenters. The van der Waals surface area contributed by atoms with E-state index in [1.54, 1.807) is 19.1 Å². The number of hydrogen-bond donors (Lipinski definition) is 0. The zero-order valence-corrected chi connectivity index (χ0v) is 13.1. The quantitative estimate of drug-likeness (QED) is 0.445. The van der Waals surface area contributed by atoms with Gasteiger partial charge in [-0.2, -0.15) is 0 Å². The minimum absolute atomic E-state index is 0.144. The summed E-state index contributed by atoms with van der Waals surface area (Å²) in [6.07, 6.45) is 1.52. The first-order valence-corrected chi connectivity index (χ1v) is 7.32. The number of pyridine rings is 1. The van der Waals surface area contributed by atoms with Crippen molar-refractivity contribution in [3.8, 4) is 5.75 Å². The Labute approximate surface area is 129 Å². The lowest BCUT2D eigenvalue weighted by Crippen LogP contribution is -2.26. The molecule has 0 radical (unpaired) electrons. The maximum atomic E-state index is 12.0. The van der Waals surface area contributed by atoms with Crippen molar-refractivity contribution in [1.82, 2.24) is 4.57 Å². The van der Waals surface area contributed by atoms with E-state index in [1.807, 2.05) is 6.92 Å². The third kappa shape index (κ3) is 6.73. The number of carbonyl (C=O) groups excluding carboxylic acids is 1. The Morgan fingerprint density at radius 2 is 1.82 bits per heavy atom. The van der Waals surface area contributed by atoms with Crippen molar-refractivity contribution in [2.24, 2.45) is 0 Å². The molecule has 0 aliphatic rings. The highest BCUT2D eigenvalue weighted by atomic mass is 16.6. The molecule has 0 spiro atoms. The number of nitrogens with zero attached hydrogens (tertiary/aromatic N) is 1. The molecule has 0 saturated heterocycles. The topological polar surface area (TPSA) is 76.0 Å². The molecule has 1 rings (SSSR count). The lowest BCUT2D eigenvalue weighted by atomic mass is 10.4. The van der Waals surface area contributed by atoms with Crippen molar-refractivity contribution in [3.05, 3.63) is 28.7 Å². The highest BCUT2D eigenvalue weighted by molar-refractivity contribution is 5.69. The van der Waals surface area contributed by atoms with Crippen molar-refractivity contribution in [3.63, 3.8) is 0 Å². The van der Waals surface area contributed by atoms with Gasteiger partial charge in [0.1, 0.15) is 13.2 Å². The van der Waals surface area contributed by atoms with Crippen LogP contribution in [0.5, 0.6) is 5.75 Å². The van der Waals surface area contributed by atoms with Crippen LogP contribution in [0.1, 0.15) is 13.8 Å². The zero-order valence-electron chi connectivity index (χ0n) is 13.1. The Bertz CT molecular complexity index is 499. The molecule has 0 aliphatic heterocycles. The fourth-order valence-electron chi connectivity index (χ4n) is 1.67. The van der Waals surface area contributed by atoms with Crippen LogP contribution in [-0.2, 0) is 25.5 Å². The molecular weight excluding hydrogens is 290 g/mol. The van der Waals surface area contributed by atoms with Gasteiger partial charge in [-0.1, -0.05) is 0 Å². The molecule has 124 valence electrons. The van der Waals surface area contributed by atoms with Crippen molar-refractivity contribution >= 4 is 5.97 Å². The van der Waals surface area contributed by atoms with Gasteiger partial charge >= 0.3 is 5.97 Å². The first kappa shape index (κ1) is 18.2. The van der Waals surface area contributed by atoms with E-state index in [1.165, 1.54) is 10.8 Å². The van der Waals surface area contributed by atoms with E-state index < -0.39 is 5.97 Å². The highest BCUT2D eigenvalue weighted by Gasteiger charge is 2.08. The van der Waals surface area contributed by atoms with Crippen molar-refractivity contribution in [1.29, 1.82) is 0 Å². The Hall–Kier alpha value is -1.86. The summed E-state index contributed by atoms with van der Waals surface area (Å²) in [6, 6.07) is 3.22. The fourth-order valence-corrected chi connectivity index (χ4v) is 1.67. The molecule has 1 aromatic heterocycles. The van der Waals surface area contributed by atoms with Gasteiger partial charge in [-0.25, -0.2) is 0 Å². The van der Waals surface area contributed by atoms with Gasteiger partial charge in [0, 0.05) is 12.8 Å². The summed E-state index contributed by atoms with van der Waals surface area (Å²) >= 11 is 0. The van der Waals surface area contributed by atoms with E-state index >= 15 is 0 Å². The summed E-state index contributed by atoms with van der Waals surface area (Å²) in [5.41, 5.74) is -0.353. The second kappa shape index (κ2) is 10.8. The summed E-state index contributed by atoms with van der Waals surface area (Å²) in [4.78, 5) is 23.6. The Morgan fingerprint density at radius 3 is 2.55 bits per heavy atom. The summed E-state index contributed by atoms with van der Waals surface area (Å²) in [5, 5.41) is 0. The number of ether oxygens (including phenoxy) is 4. The smallest absolute Gasteiger partial charge is 0.326 e. The molecule has 1 heterocycles. The largest absolute Gasteiger partial charge is 0.488 e. The lowest BCUT2D eigenvalue weighted by molar-refractivity contribution is -0.146. The standard InChI is InChI=1S/C15H23NO6/c1-3-19-8-9-20-10-11-22-14(17)12-16-7-5-6-13(15(16)18)21-4-2/h5-7H,3-4,8-12H2,1-2H3. The van der Waals surface area contributed by atoms with Crippen LogP contribution in [0.15, 0.2) is 23.1 Å². The number of rotatable bonds is 11. The van der Waals surface area contributed by atoms with Crippen LogP contribution < -0.4 is 10.3 Å². The molecule has 0 aliphatic carbocycles. The van der Waals surface area contributed by atoms with Crippen molar-refractivity contribution in [2.75, 3.05) is 39.6 Å². The van der Waals surface area contributed by atoms with Crippen molar-refractivity contribution < 1.29 is 23.7 Å². The molecule has 0 N–H and O–H groups in total. The van der Waals surface area contributed by atoms with Gasteiger partial charge in [-0.3, -0.25) is 9.59 Å². The first-order chi connectivity index (χ1) is 10.7. The van der Waals surface area contributed by atoms with Gasteiger partial charge < -0.3 is 23.5 Å². The molecule has 7 nitrogen and oxygen atoms in total. The summed E-state index contributed by atoms with van der Waals surface area (Å²) in [7, 11) is 0. The average molecular weight is 313 g/mol. The van der Waals surface area contributed by atoms with Gasteiger partial charge in [-0.15, -0.1) is 0 Å². The molecule has 0 bridgehead atoms. The molecule has 1 aromatic rings. The molecule has 22 heavy (non-hydrogen) atoms. The van der Waals surface area contributed by atoms with E-state index in [4.69, 9.17) is 18.9 Å². The van der Waals surface area contributed by atoms with Gasteiger partial charge in [0.25, 0.3) is 5.56 Å². The van der Waals surface area contributed by atoms with Crippen LogP contribution in [0.2, 0.25) is 0 Å². The Morgan fingerprint density at radius 1 is 1.09 bits per heavy atom.